The molecule has 0 aromatic rings. The summed E-state index contributed by atoms with van der Waals surface area (Å²) in [6.45, 7) is 2.07. The molecule has 0 saturated carbocycles. The van der Waals surface area contributed by atoms with Crippen molar-refractivity contribution in [3.05, 3.63) is 0 Å². The predicted molar refractivity (Wildman–Crippen MR) is 69.5 cm³/mol. The Hall–Kier alpha value is -1.23. The molecule has 4 atom stereocenters. The molecule has 0 radical (unpaired) electrons. The number of aliphatic hydroxyl groups excluding tert-OH is 1. The van der Waals surface area contributed by atoms with E-state index in [1.165, 1.54) is 6.92 Å². The molecule has 0 unspecified atom stereocenters. The SMILES string of the molecule is CC(=O)OC[C@H]1O[C@H](O)C[C@H](NS(C)(=O)=O)[C@@H]1OC(C)=O. The minimum absolute atomic E-state index is 0.0956. The maximum absolute atomic E-state index is 11.4. The van der Waals surface area contributed by atoms with E-state index in [-0.39, 0.29) is 13.0 Å². The van der Waals surface area contributed by atoms with E-state index in [1.807, 2.05) is 0 Å². The lowest BCUT2D eigenvalue weighted by molar-refractivity contribution is -0.227. The van der Waals surface area contributed by atoms with Gasteiger partial charge in [0, 0.05) is 20.3 Å². The quantitative estimate of drug-likeness (QED) is 0.585. The van der Waals surface area contributed by atoms with Crippen LogP contribution in [0.5, 0.6) is 0 Å². The Morgan fingerprint density at radius 1 is 1.33 bits per heavy atom. The van der Waals surface area contributed by atoms with Gasteiger partial charge in [0.1, 0.15) is 18.8 Å². The molecule has 122 valence electrons. The third kappa shape index (κ3) is 6.38. The second-order valence-corrected chi connectivity index (χ2v) is 6.52. The number of esters is 2. The molecule has 1 rings (SSSR count). The molecule has 10 heteroatoms. The first-order valence-corrected chi connectivity index (χ1v) is 8.09. The van der Waals surface area contributed by atoms with Crippen LogP contribution in [0.4, 0.5) is 0 Å². The van der Waals surface area contributed by atoms with Crippen molar-refractivity contribution in [1.29, 1.82) is 0 Å². The molecular formula is C11H19NO8S. The van der Waals surface area contributed by atoms with Crippen LogP contribution in [0.1, 0.15) is 20.3 Å². The standard InChI is InChI=1S/C11H19NO8S/c1-6(13)18-5-9-11(19-7(2)14)8(4-10(15)20-9)12-21(3,16)17/h8-12,15H,4-5H2,1-3H3/t8-,9+,10-,11-/m0/s1. The predicted octanol–water partition coefficient (Wildman–Crippen LogP) is -1.49. The van der Waals surface area contributed by atoms with Crippen LogP contribution in [0.15, 0.2) is 0 Å². The van der Waals surface area contributed by atoms with Crippen LogP contribution in [-0.4, -0.2) is 62.9 Å². The zero-order chi connectivity index (χ0) is 16.2. The van der Waals surface area contributed by atoms with Gasteiger partial charge in [-0.2, -0.15) is 0 Å². The smallest absolute Gasteiger partial charge is 0.303 e. The van der Waals surface area contributed by atoms with E-state index in [1.54, 1.807) is 0 Å². The minimum atomic E-state index is -3.59. The molecular weight excluding hydrogens is 306 g/mol. The normalized spacial score (nSPS) is 29.7. The monoisotopic (exact) mass is 325 g/mol. The third-order valence-corrected chi connectivity index (χ3v) is 3.40. The topological polar surface area (TPSA) is 128 Å². The number of sulfonamides is 1. The van der Waals surface area contributed by atoms with Crippen molar-refractivity contribution in [3.63, 3.8) is 0 Å². The summed E-state index contributed by atoms with van der Waals surface area (Å²) in [6, 6.07) is -0.881. The summed E-state index contributed by atoms with van der Waals surface area (Å²) in [7, 11) is -3.59. The minimum Gasteiger partial charge on any atom is -0.463 e. The lowest BCUT2D eigenvalue weighted by atomic mass is 9.99. The summed E-state index contributed by atoms with van der Waals surface area (Å²) >= 11 is 0. The van der Waals surface area contributed by atoms with Gasteiger partial charge in [-0.25, -0.2) is 13.1 Å². The third-order valence-electron chi connectivity index (χ3n) is 2.67. The highest BCUT2D eigenvalue weighted by Crippen LogP contribution is 2.23. The van der Waals surface area contributed by atoms with Crippen LogP contribution in [0.25, 0.3) is 0 Å². The van der Waals surface area contributed by atoms with Crippen molar-refractivity contribution in [2.75, 3.05) is 12.9 Å². The maximum atomic E-state index is 11.4. The zero-order valence-corrected chi connectivity index (χ0v) is 12.8. The number of rotatable bonds is 5. The van der Waals surface area contributed by atoms with E-state index < -0.39 is 46.5 Å². The van der Waals surface area contributed by atoms with Gasteiger partial charge < -0.3 is 19.3 Å². The number of aliphatic hydroxyl groups is 1. The van der Waals surface area contributed by atoms with Crippen LogP contribution in [-0.2, 0) is 33.8 Å². The van der Waals surface area contributed by atoms with E-state index in [4.69, 9.17) is 14.2 Å². The van der Waals surface area contributed by atoms with Crippen molar-refractivity contribution in [1.82, 2.24) is 4.72 Å². The highest BCUT2D eigenvalue weighted by Gasteiger charge is 2.42. The number of hydrogen-bond donors (Lipinski definition) is 2. The largest absolute Gasteiger partial charge is 0.463 e. The summed E-state index contributed by atoms with van der Waals surface area (Å²) in [5.41, 5.74) is 0. The Kier molecular flexibility index (Phi) is 6.08. The molecule has 0 spiro atoms. The van der Waals surface area contributed by atoms with Crippen LogP contribution < -0.4 is 4.72 Å². The van der Waals surface area contributed by atoms with Crippen molar-refractivity contribution < 1.29 is 37.3 Å². The van der Waals surface area contributed by atoms with Gasteiger partial charge in [-0.15, -0.1) is 0 Å². The van der Waals surface area contributed by atoms with Crippen LogP contribution in [0.2, 0.25) is 0 Å². The fourth-order valence-corrected chi connectivity index (χ4v) is 2.80. The summed E-state index contributed by atoms with van der Waals surface area (Å²) in [5, 5.41) is 9.63. The molecule has 1 aliphatic heterocycles. The Labute approximate surface area is 122 Å². The first-order chi connectivity index (χ1) is 9.58. The van der Waals surface area contributed by atoms with Gasteiger partial charge in [0.15, 0.2) is 6.29 Å². The van der Waals surface area contributed by atoms with Gasteiger partial charge in [-0.1, -0.05) is 0 Å². The van der Waals surface area contributed by atoms with E-state index in [0.717, 1.165) is 13.2 Å². The summed E-state index contributed by atoms with van der Waals surface area (Å²) in [6.07, 6.45) is -2.40. The molecule has 0 aliphatic carbocycles. The molecule has 0 aromatic heterocycles. The van der Waals surface area contributed by atoms with Gasteiger partial charge in [0.05, 0.1) is 12.3 Å². The van der Waals surface area contributed by atoms with Gasteiger partial charge in [0.2, 0.25) is 10.0 Å². The number of carbonyl (C=O) groups excluding carboxylic acids is 2. The zero-order valence-electron chi connectivity index (χ0n) is 11.9. The molecule has 1 heterocycles. The van der Waals surface area contributed by atoms with Gasteiger partial charge >= 0.3 is 11.9 Å². The molecule has 1 saturated heterocycles. The van der Waals surface area contributed by atoms with E-state index in [9.17, 15) is 23.1 Å². The van der Waals surface area contributed by atoms with Crippen molar-refractivity contribution >= 4 is 22.0 Å². The molecule has 21 heavy (non-hydrogen) atoms. The highest BCUT2D eigenvalue weighted by molar-refractivity contribution is 7.88. The molecule has 1 aliphatic rings. The van der Waals surface area contributed by atoms with Gasteiger partial charge in [-0.05, 0) is 0 Å². The van der Waals surface area contributed by atoms with Crippen molar-refractivity contribution in [2.24, 2.45) is 0 Å². The Morgan fingerprint density at radius 2 is 1.95 bits per heavy atom. The average Bonchev–Trinajstić information content (AvgIpc) is 2.27. The van der Waals surface area contributed by atoms with E-state index in [2.05, 4.69) is 4.72 Å². The van der Waals surface area contributed by atoms with Crippen molar-refractivity contribution in [2.45, 2.75) is 44.8 Å². The fourth-order valence-electron chi connectivity index (χ4n) is 2.02. The number of ether oxygens (including phenoxy) is 3. The molecule has 9 nitrogen and oxygen atoms in total. The Morgan fingerprint density at radius 3 is 2.43 bits per heavy atom. The number of nitrogens with one attached hydrogen (secondary N) is 1. The van der Waals surface area contributed by atoms with Gasteiger partial charge in [-0.3, -0.25) is 9.59 Å². The summed E-state index contributed by atoms with van der Waals surface area (Å²) in [5.74, 6) is -1.22. The van der Waals surface area contributed by atoms with E-state index in [0.29, 0.717) is 0 Å². The lowest BCUT2D eigenvalue weighted by Gasteiger charge is -2.39. The molecule has 0 aromatic carbocycles. The van der Waals surface area contributed by atoms with Crippen molar-refractivity contribution in [3.8, 4) is 0 Å². The summed E-state index contributed by atoms with van der Waals surface area (Å²) < 4.78 is 40.0. The van der Waals surface area contributed by atoms with Gasteiger partial charge in [0.25, 0.3) is 0 Å². The molecule has 0 amide bonds. The number of hydrogen-bond acceptors (Lipinski definition) is 8. The summed E-state index contributed by atoms with van der Waals surface area (Å²) in [4.78, 5) is 22.0. The Balaban J connectivity index is 2.91. The first kappa shape index (κ1) is 17.8. The highest BCUT2D eigenvalue weighted by atomic mass is 32.2. The second-order valence-electron chi connectivity index (χ2n) is 4.74. The second kappa shape index (κ2) is 7.16. The van der Waals surface area contributed by atoms with E-state index >= 15 is 0 Å². The lowest BCUT2D eigenvalue weighted by Crippen LogP contribution is -2.58. The molecule has 1 fully saturated rings. The Bertz CT molecular complexity index is 490. The van der Waals surface area contributed by atoms with Crippen LogP contribution >= 0.6 is 0 Å². The van der Waals surface area contributed by atoms with Crippen LogP contribution in [0.3, 0.4) is 0 Å². The first-order valence-electron chi connectivity index (χ1n) is 6.20. The molecule has 0 bridgehead atoms. The maximum Gasteiger partial charge on any atom is 0.303 e. The van der Waals surface area contributed by atoms with Crippen LogP contribution in [0, 0.1) is 0 Å². The number of carbonyl (C=O) groups is 2. The average molecular weight is 325 g/mol. The fraction of sp³-hybridized carbons (Fsp3) is 0.818. The molecule has 2 N–H and O–H groups in total.